The molecule has 3 N–H and O–H groups in total. The van der Waals surface area contributed by atoms with Crippen LogP contribution in [0.3, 0.4) is 0 Å². The molecule has 72 valence electrons. The predicted octanol–water partition coefficient (Wildman–Crippen LogP) is 2.74. The third-order valence-electron chi connectivity index (χ3n) is 1.40. The number of anilines is 2. The number of hydrogen-bond donors (Lipinski definition) is 2. The van der Waals surface area contributed by atoms with Crippen LogP contribution in [0, 0.1) is 3.70 Å². The summed E-state index contributed by atoms with van der Waals surface area (Å²) in [5, 5.41) is 3.67. The van der Waals surface area contributed by atoms with Crippen LogP contribution in [0.1, 0.15) is 13.8 Å². The van der Waals surface area contributed by atoms with Crippen molar-refractivity contribution < 1.29 is 0 Å². The molecular formula is C8H11ClIN3. The highest BCUT2D eigenvalue weighted by Crippen LogP contribution is 2.27. The summed E-state index contributed by atoms with van der Waals surface area (Å²) in [6.07, 6.45) is 0. The first-order valence-corrected chi connectivity index (χ1v) is 5.34. The molecule has 0 fully saturated rings. The molecular weight excluding hydrogens is 300 g/mol. The van der Waals surface area contributed by atoms with Gasteiger partial charge in [0.2, 0.25) is 0 Å². The third kappa shape index (κ3) is 2.87. The number of nitrogens with zero attached hydrogens (tertiary/aromatic N) is 1. The highest BCUT2D eigenvalue weighted by Gasteiger charge is 2.07. The zero-order chi connectivity index (χ0) is 10.0. The summed E-state index contributed by atoms with van der Waals surface area (Å²) >= 11 is 8.00. The smallest absolute Gasteiger partial charge is 0.152 e. The van der Waals surface area contributed by atoms with Gasteiger partial charge in [-0.05, 0) is 42.5 Å². The lowest BCUT2D eigenvalue weighted by atomic mass is 10.3. The average Bonchev–Trinajstić information content (AvgIpc) is 1.98. The van der Waals surface area contributed by atoms with Gasteiger partial charge in [-0.15, -0.1) is 0 Å². The van der Waals surface area contributed by atoms with Crippen LogP contribution in [-0.2, 0) is 0 Å². The Hall–Kier alpha value is -0.230. The van der Waals surface area contributed by atoms with Crippen LogP contribution < -0.4 is 11.1 Å². The van der Waals surface area contributed by atoms with E-state index in [1.165, 1.54) is 0 Å². The summed E-state index contributed by atoms with van der Waals surface area (Å²) in [4.78, 5) is 4.24. The molecule has 5 heteroatoms. The molecule has 0 amide bonds. The monoisotopic (exact) mass is 311 g/mol. The van der Waals surface area contributed by atoms with Crippen molar-refractivity contribution in [3.63, 3.8) is 0 Å². The molecule has 1 rings (SSSR count). The first kappa shape index (κ1) is 10.8. The molecule has 0 aliphatic carbocycles. The SMILES string of the molecule is CC(C)Nc1nc(I)cc(Cl)c1N. The number of rotatable bonds is 2. The quantitative estimate of drug-likeness (QED) is 0.652. The fraction of sp³-hybridized carbons (Fsp3) is 0.375. The zero-order valence-corrected chi connectivity index (χ0v) is 10.3. The van der Waals surface area contributed by atoms with Crippen LogP contribution >= 0.6 is 34.2 Å². The van der Waals surface area contributed by atoms with Crippen LogP contribution in [-0.4, -0.2) is 11.0 Å². The lowest BCUT2D eigenvalue weighted by molar-refractivity contribution is 0.889. The number of nitrogens with two attached hydrogens (primary N) is 1. The first-order chi connectivity index (χ1) is 6.00. The molecule has 1 heterocycles. The Morgan fingerprint density at radius 3 is 2.77 bits per heavy atom. The largest absolute Gasteiger partial charge is 0.395 e. The van der Waals surface area contributed by atoms with Gasteiger partial charge in [0.05, 0.1) is 10.7 Å². The van der Waals surface area contributed by atoms with Gasteiger partial charge in [0.25, 0.3) is 0 Å². The Kier molecular flexibility index (Phi) is 3.61. The van der Waals surface area contributed by atoms with Crippen LogP contribution in [0.4, 0.5) is 11.5 Å². The van der Waals surface area contributed by atoms with Gasteiger partial charge in [0, 0.05) is 6.04 Å². The van der Waals surface area contributed by atoms with Gasteiger partial charge in [-0.25, -0.2) is 4.98 Å². The molecule has 0 bridgehead atoms. The molecule has 0 aromatic carbocycles. The fourth-order valence-corrected chi connectivity index (χ4v) is 1.81. The fourth-order valence-electron chi connectivity index (χ4n) is 0.878. The lowest BCUT2D eigenvalue weighted by Crippen LogP contribution is -2.13. The van der Waals surface area contributed by atoms with Crippen molar-refractivity contribution in [2.45, 2.75) is 19.9 Å². The van der Waals surface area contributed by atoms with Crippen molar-refractivity contribution in [1.82, 2.24) is 4.98 Å². The van der Waals surface area contributed by atoms with Gasteiger partial charge in [-0.3, -0.25) is 0 Å². The van der Waals surface area contributed by atoms with Crippen LogP contribution in [0.2, 0.25) is 5.02 Å². The van der Waals surface area contributed by atoms with Crippen LogP contribution in [0.5, 0.6) is 0 Å². The average molecular weight is 312 g/mol. The van der Waals surface area contributed by atoms with E-state index >= 15 is 0 Å². The van der Waals surface area contributed by atoms with E-state index in [1.807, 2.05) is 13.8 Å². The normalized spacial score (nSPS) is 10.5. The lowest BCUT2D eigenvalue weighted by Gasteiger charge is -2.12. The molecule has 0 unspecified atom stereocenters. The van der Waals surface area contributed by atoms with E-state index < -0.39 is 0 Å². The van der Waals surface area contributed by atoms with Gasteiger partial charge < -0.3 is 11.1 Å². The van der Waals surface area contributed by atoms with E-state index in [0.717, 1.165) is 3.70 Å². The van der Waals surface area contributed by atoms with Gasteiger partial charge in [0.1, 0.15) is 3.70 Å². The summed E-state index contributed by atoms with van der Waals surface area (Å²) in [5.74, 6) is 0.659. The van der Waals surface area contributed by atoms with E-state index in [9.17, 15) is 0 Å². The Balaban J connectivity index is 3.05. The number of pyridine rings is 1. The predicted molar refractivity (Wildman–Crippen MR) is 65.1 cm³/mol. The summed E-state index contributed by atoms with van der Waals surface area (Å²) < 4.78 is 0.833. The number of nitrogen functional groups attached to an aromatic ring is 1. The number of halogens is 2. The van der Waals surface area contributed by atoms with Gasteiger partial charge in [-0.2, -0.15) is 0 Å². The second kappa shape index (κ2) is 4.32. The molecule has 0 aliphatic heterocycles. The standard InChI is InChI=1S/C8H11ClIN3/c1-4(2)12-8-7(11)5(9)3-6(10)13-8/h3-4H,11H2,1-2H3,(H,12,13). The minimum absolute atomic E-state index is 0.295. The van der Waals surface area contributed by atoms with E-state index in [0.29, 0.717) is 22.6 Å². The van der Waals surface area contributed by atoms with Crippen molar-refractivity contribution in [3.8, 4) is 0 Å². The maximum absolute atomic E-state index is 5.89. The maximum Gasteiger partial charge on any atom is 0.152 e. The van der Waals surface area contributed by atoms with Crippen molar-refractivity contribution in [2.24, 2.45) is 0 Å². The Bertz CT molecular complexity index is 315. The van der Waals surface area contributed by atoms with Crippen LogP contribution in [0.25, 0.3) is 0 Å². The Morgan fingerprint density at radius 2 is 2.23 bits per heavy atom. The Morgan fingerprint density at radius 1 is 1.62 bits per heavy atom. The minimum atomic E-state index is 0.295. The molecule has 13 heavy (non-hydrogen) atoms. The highest BCUT2D eigenvalue weighted by atomic mass is 127. The molecule has 0 spiro atoms. The van der Waals surface area contributed by atoms with E-state index in [4.69, 9.17) is 17.3 Å². The number of nitrogens with one attached hydrogen (secondary N) is 1. The van der Waals surface area contributed by atoms with Gasteiger partial charge in [-0.1, -0.05) is 11.6 Å². The second-order valence-electron chi connectivity index (χ2n) is 2.99. The minimum Gasteiger partial charge on any atom is -0.395 e. The van der Waals surface area contributed by atoms with Crippen molar-refractivity contribution in [3.05, 3.63) is 14.8 Å². The summed E-state index contributed by atoms with van der Waals surface area (Å²) in [7, 11) is 0. The molecule has 3 nitrogen and oxygen atoms in total. The van der Waals surface area contributed by atoms with E-state index in [-0.39, 0.29) is 0 Å². The number of hydrogen-bond acceptors (Lipinski definition) is 3. The topological polar surface area (TPSA) is 50.9 Å². The molecule has 1 aromatic rings. The number of aromatic nitrogens is 1. The van der Waals surface area contributed by atoms with E-state index in [1.54, 1.807) is 6.07 Å². The molecule has 0 radical (unpaired) electrons. The van der Waals surface area contributed by atoms with Crippen molar-refractivity contribution >= 4 is 45.7 Å². The van der Waals surface area contributed by atoms with Crippen molar-refractivity contribution in [2.75, 3.05) is 11.1 Å². The maximum atomic E-state index is 5.89. The molecule has 0 saturated carbocycles. The summed E-state index contributed by atoms with van der Waals surface area (Å²) in [5.41, 5.74) is 6.25. The molecule has 1 aromatic heterocycles. The Labute approximate surface area is 96.2 Å². The summed E-state index contributed by atoms with van der Waals surface area (Å²) in [6, 6.07) is 2.03. The first-order valence-electron chi connectivity index (χ1n) is 3.88. The highest BCUT2D eigenvalue weighted by molar-refractivity contribution is 14.1. The van der Waals surface area contributed by atoms with E-state index in [2.05, 4.69) is 32.9 Å². The molecule has 0 aliphatic rings. The van der Waals surface area contributed by atoms with Gasteiger partial charge in [0.15, 0.2) is 5.82 Å². The molecule has 0 saturated heterocycles. The zero-order valence-electron chi connectivity index (χ0n) is 7.44. The third-order valence-corrected chi connectivity index (χ3v) is 2.27. The van der Waals surface area contributed by atoms with Crippen LogP contribution in [0.15, 0.2) is 6.07 Å². The van der Waals surface area contributed by atoms with Gasteiger partial charge >= 0.3 is 0 Å². The summed E-state index contributed by atoms with van der Waals surface area (Å²) in [6.45, 7) is 4.05. The molecule has 0 atom stereocenters. The second-order valence-corrected chi connectivity index (χ2v) is 4.50. The van der Waals surface area contributed by atoms with Crippen molar-refractivity contribution in [1.29, 1.82) is 0 Å².